The van der Waals surface area contributed by atoms with Crippen LogP contribution < -0.4 is 5.32 Å². The number of carboxylic acids is 2. The van der Waals surface area contributed by atoms with Crippen molar-refractivity contribution in [2.24, 2.45) is 0 Å². The summed E-state index contributed by atoms with van der Waals surface area (Å²) in [5.41, 5.74) is -0.635. The van der Waals surface area contributed by atoms with Crippen LogP contribution in [0, 0.1) is 0 Å². The average molecular weight is 365 g/mol. The second kappa shape index (κ2) is 6.95. The Bertz CT molecular complexity index is 523. The van der Waals surface area contributed by atoms with Crippen molar-refractivity contribution in [1.29, 1.82) is 0 Å². The number of carboxylic acid groups (broad SMARTS) is 2. The minimum absolute atomic E-state index is 0.0607. The summed E-state index contributed by atoms with van der Waals surface area (Å²) >= 11 is 9.14. The van der Waals surface area contributed by atoms with Crippen molar-refractivity contribution in [2.75, 3.05) is 5.32 Å². The Hall–Kier alpha value is -1.27. The molecule has 0 heterocycles. The van der Waals surface area contributed by atoms with E-state index < -0.39 is 17.5 Å². The molecule has 1 aromatic rings. The second-order valence-electron chi connectivity index (χ2n) is 4.64. The van der Waals surface area contributed by atoms with Crippen LogP contribution in [0.5, 0.6) is 0 Å². The zero-order chi connectivity index (χ0) is 15.3. The molecule has 0 radical (unpaired) electrons. The van der Waals surface area contributed by atoms with Crippen LogP contribution in [-0.4, -0.2) is 27.7 Å². The summed E-state index contributed by atoms with van der Waals surface area (Å²) in [5, 5.41) is 21.4. The van der Waals surface area contributed by atoms with Gasteiger partial charge in [0.25, 0.3) is 0 Å². The van der Waals surface area contributed by atoms with Crippen LogP contribution >= 0.6 is 27.5 Å². The highest BCUT2D eigenvalue weighted by Gasteiger charge is 2.32. The topological polar surface area (TPSA) is 86.6 Å². The van der Waals surface area contributed by atoms with Gasteiger partial charge in [0.2, 0.25) is 0 Å². The maximum absolute atomic E-state index is 11.4. The van der Waals surface area contributed by atoms with Gasteiger partial charge in [-0.3, -0.25) is 4.79 Å². The fourth-order valence-corrected chi connectivity index (χ4v) is 2.20. The van der Waals surface area contributed by atoms with Crippen LogP contribution in [0.3, 0.4) is 0 Å². The molecule has 0 saturated heterocycles. The molecule has 7 heteroatoms. The first-order chi connectivity index (χ1) is 9.24. The van der Waals surface area contributed by atoms with Gasteiger partial charge >= 0.3 is 11.9 Å². The van der Waals surface area contributed by atoms with Gasteiger partial charge in [0.15, 0.2) is 0 Å². The lowest BCUT2D eigenvalue weighted by molar-refractivity contribution is -0.143. The van der Waals surface area contributed by atoms with Gasteiger partial charge < -0.3 is 15.5 Å². The fraction of sp³-hybridized carbons (Fsp3) is 0.385. The third-order valence-corrected chi connectivity index (χ3v) is 4.09. The van der Waals surface area contributed by atoms with Crippen molar-refractivity contribution in [3.8, 4) is 0 Å². The number of hydrogen-bond donors (Lipinski definition) is 3. The van der Waals surface area contributed by atoms with E-state index in [0.717, 1.165) is 0 Å². The normalized spacial score (nSPS) is 13.6. The molecule has 0 saturated carbocycles. The Kier molecular flexibility index (Phi) is 5.83. The Morgan fingerprint density at radius 3 is 2.55 bits per heavy atom. The number of hydrogen-bond acceptors (Lipinski definition) is 3. The molecule has 110 valence electrons. The quantitative estimate of drug-likeness (QED) is 0.688. The van der Waals surface area contributed by atoms with Crippen LogP contribution in [0.15, 0.2) is 22.7 Å². The molecule has 20 heavy (non-hydrogen) atoms. The monoisotopic (exact) mass is 363 g/mol. The molecule has 0 bridgehead atoms. The zero-order valence-electron chi connectivity index (χ0n) is 10.8. The van der Waals surface area contributed by atoms with E-state index in [-0.39, 0.29) is 19.3 Å². The standard InChI is InChI=1S/C13H15BrClNO4/c1-13(12(19)20,6-2-3-11(17)18)16-8-4-5-10(15)9(14)7-8/h4-5,7,16H,2-3,6H2,1H3,(H,17,18)(H,19,20). The zero-order valence-corrected chi connectivity index (χ0v) is 13.2. The number of anilines is 1. The van der Waals surface area contributed by atoms with E-state index in [9.17, 15) is 14.7 Å². The molecular formula is C13H15BrClNO4. The fourth-order valence-electron chi connectivity index (χ4n) is 1.71. The van der Waals surface area contributed by atoms with Crippen molar-refractivity contribution in [2.45, 2.75) is 31.7 Å². The molecular weight excluding hydrogens is 350 g/mol. The van der Waals surface area contributed by atoms with Crippen LogP contribution in [0.1, 0.15) is 26.2 Å². The maximum atomic E-state index is 11.4. The summed E-state index contributed by atoms with van der Waals surface area (Å²) in [6.45, 7) is 1.53. The van der Waals surface area contributed by atoms with Gasteiger partial charge in [-0.15, -0.1) is 0 Å². The first-order valence-electron chi connectivity index (χ1n) is 5.93. The molecule has 1 atom stereocenters. The van der Waals surface area contributed by atoms with Crippen molar-refractivity contribution in [1.82, 2.24) is 0 Å². The Morgan fingerprint density at radius 2 is 2.05 bits per heavy atom. The molecule has 0 spiro atoms. The van der Waals surface area contributed by atoms with Gasteiger partial charge in [0.05, 0.1) is 5.02 Å². The minimum atomic E-state index is -1.23. The predicted molar refractivity (Wildman–Crippen MR) is 80.3 cm³/mol. The largest absolute Gasteiger partial charge is 0.481 e. The summed E-state index contributed by atoms with van der Waals surface area (Å²) in [5.74, 6) is -1.97. The summed E-state index contributed by atoms with van der Waals surface area (Å²) in [6, 6.07) is 5.00. The number of carbonyl (C=O) groups is 2. The first kappa shape index (κ1) is 16.8. The third kappa shape index (κ3) is 4.68. The van der Waals surface area contributed by atoms with Crippen molar-refractivity contribution in [3.63, 3.8) is 0 Å². The van der Waals surface area contributed by atoms with Crippen LogP contribution in [0.4, 0.5) is 5.69 Å². The number of benzene rings is 1. The SMILES string of the molecule is CC(CCCC(=O)O)(Nc1ccc(Cl)c(Br)c1)C(=O)O. The average Bonchev–Trinajstić information content (AvgIpc) is 2.33. The number of halogens is 2. The summed E-state index contributed by atoms with van der Waals surface area (Å²) in [6.07, 6.45) is 0.420. The van der Waals surface area contributed by atoms with Gasteiger partial charge in [-0.1, -0.05) is 11.6 Å². The van der Waals surface area contributed by atoms with Crippen molar-refractivity contribution in [3.05, 3.63) is 27.7 Å². The molecule has 0 amide bonds. The van der Waals surface area contributed by atoms with Crippen molar-refractivity contribution < 1.29 is 19.8 Å². The van der Waals surface area contributed by atoms with Gasteiger partial charge in [-0.2, -0.15) is 0 Å². The molecule has 1 aromatic carbocycles. The van der Waals surface area contributed by atoms with Crippen molar-refractivity contribution >= 4 is 45.2 Å². The number of aliphatic carboxylic acids is 2. The molecule has 0 aromatic heterocycles. The first-order valence-corrected chi connectivity index (χ1v) is 7.10. The maximum Gasteiger partial charge on any atom is 0.329 e. The molecule has 0 aliphatic heterocycles. The summed E-state index contributed by atoms with van der Waals surface area (Å²) in [7, 11) is 0. The van der Waals surface area contributed by atoms with E-state index in [4.69, 9.17) is 16.7 Å². The highest BCUT2D eigenvalue weighted by molar-refractivity contribution is 9.10. The van der Waals surface area contributed by atoms with E-state index in [1.54, 1.807) is 18.2 Å². The minimum Gasteiger partial charge on any atom is -0.481 e. The Morgan fingerprint density at radius 1 is 1.40 bits per heavy atom. The summed E-state index contributed by atoms with van der Waals surface area (Å²) in [4.78, 5) is 21.9. The highest BCUT2D eigenvalue weighted by Crippen LogP contribution is 2.28. The lowest BCUT2D eigenvalue weighted by Gasteiger charge is -2.27. The molecule has 1 rings (SSSR count). The van der Waals surface area contributed by atoms with Crippen LogP contribution in [0.2, 0.25) is 5.02 Å². The third-order valence-electron chi connectivity index (χ3n) is 2.88. The van der Waals surface area contributed by atoms with Gasteiger partial charge in [-0.05, 0) is 53.9 Å². The molecule has 0 fully saturated rings. The van der Waals surface area contributed by atoms with E-state index in [1.807, 2.05) is 0 Å². The highest BCUT2D eigenvalue weighted by atomic mass is 79.9. The predicted octanol–water partition coefficient (Wildman–Crippen LogP) is 3.61. The van der Waals surface area contributed by atoms with E-state index in [0.29, 0.717) is 15.2 Å². The van der Waals surface area contributed by atoms with E-state index in [1.165, 1.54) is 6.92 Å². The molecule has 1 unspecified atom stereocenters. The van der Waals surface area contributed by atoms with Crippen LogP contribution in [0.25, 0.3) is 0 Å². The second-order valence-corrected chi connectivity index (χ2v) is 5.90. The lowest BCUT2D eigenvalue weighted by Crippen LogP contribution is -2.43. The lowest BCUT2D eigenvalue weighted by atomic mass is 9.94. The summed E-state index contributed by atoms with van der Waals surface area (Å²) < 4.78 is 0.655. The van der Waals surface area contributed by atoms with Gasteiger partial charge in [0.1, 0.15) is 5.54 Å². The molecule has 0 aliphatic rings. The van der Waals surface area contributed by atoms with Gasteiger partial charge in [-0.25, -0.2) is 4.79 Å². The van der Waals surface area contributed by atoms with E-state index in [2.05, 4.69) is 21.2 Å². The van der Waals surface area contributed by atoms with E-state index >= 15 is 0 Å². The molecule has 3 N–H and O–H groups in total. The number of rotatable bonds is 7. The number of nitrogens with one attached hydrogen (secondary N) is 1. The smallest absolute Gasteiger partial charge is 0.329 e. The van der Waals surface area contributed by atoms with Gasteiger partial charge in [0, 0.05) is 16.6 Å². The Labute approximate surface area is 130 Å². The molecule has 5 nitrogen and oxygen atoms in total. The Balaban J connectivity index is 2.82. The van der Waals surface area contributed by atoms with Crippen LogP contribution in [-0.2, 0) is 9.59 Å². The molecule has 0 aliphatic carbocycles.